The van der Waals surface area contributed by atoms with Crippen molar-refractivity contribution in [3.05, 3.63) is 113 Å². The van der Waals surface area contributed by atoms with Gasteiger partial charge >= 0.3 is 5.97 Å². The molecule has 0 aliphatic carbocycles. The maximum absolute atomic E-state index is 13.7. The van der Waals surface area contributed by atoms with Crippen molar-refractivity contribution >= 4 is 29.0 Å². The Morgan fingerprint density at radius 2 is 1.80 bits per heavy atom. The SMILES string of the molecule is Cc1cc([C@@H]2[C@H](c3ccccn3)NC(=S)N2c2ccc(F)cc2)c(C)n1-c1cccc(C(=O)O)c1. The summed E-state index contributed by atoms with van der Waals surface area (Å²) in [6, 6.07) is 20.5. The Morgan fingerprint density at radius 3 is 2.49 bits per heavy atom. The summed E-state index contributed by atoms with van der Waals surface area (Å²) in [6.07, 6.45) is 1.75. The third kappa shape index (κ3) is 4.06. The summed E-state index contributed by atoms with van der Waals surface area (Å²) < 4.78 is 15.8. The Bertz CT molecular complexity index is 1420. The quantitative estimate of drug-likeness (QED) is 0.363. The number of halogens is 1. The van der Waals surface area contributed by atoms with Crippen LogP contribution in [0.1, 0.15) is 45.1 Å². The van der Waals surface area contributed by atoms with E-state index in [1.807, 2.05) is 47.6 Å². The molecule has 0 amide bonds. The summed E-state index contributed by atoms with van der Waals surface area (Å²) in [5.41, 5.74) is 5.51. The molecule has 3 heterocycles. The molecule has 4 aromatic rings. The molecule has 1 aliphatic rings. The summed E-state index contributed by atoms with van der Waals surface area (Å²) in [6.45, 7) is 4.00. The van der Waals surface area contributed by atoms with Gasteiger partial charge < -0.3 is 19.9 Å². The minimum absolute atomic E-state index is 0.222. The molecule has 6 nitrogen and oxygen atoms in total. The van der Waals surface area contributed by atoms with E-state index in [1.165, 1.54) is 12.1 Å². The fraction of sp³-hybridized carbons (Fsp3) is 0.148. The van der Waals surface area contributed by atoms with Gasteiger partial charge in [0.1, 0.15) is 5.82 Å². The number of benzene rings is 2. The van der Waals surface area contributed by atoms with Crippen molar-refractivity contribution < 1.29 is 14.3 Å². The van der Waals surface area contributed by atoms with E-state index in [1.54, 1.807) is 36.5 Å². The number of rotatable bonds is 5. The Hall–Kier alpha value is -4.04. The summed E-state index contributed by atoms with van der Waals surface area (Å²) in [4.78, 5) is 18.1. The van der Waals surface area contributed by atoms with Gasteiger partial charge in [0.05, 0.1) is 23.3 Å². The average molecular weight is 487 g/mol. The zero-order valence-electron chi connectivity index (χ0n) is 19.1. The fourth-order valence-corrected chi connectivity index (χ4v) is 5.16. The van der Waals surface area contributed by atoms with Crippen LogP contribution in [0.5, 0.6) is 0 Å². The van der Waals surface area contributed by atoms with Gasteiger partial charge in [0, 0.05) is 29.0 Å². The van der Waals surface area contributed by atoms with Gasteiger partial charge in [-0.3, -0.25) is 4.98 Å². The topological polar surface area (TPSA) is 70.4 Å². The van der Waals surface area contributed by atoms with Crippen LogP contribution < -0.4 is 10.2 Å². The molecule has 8 heteroatoms. The van der Waals surface area contributed by atoms with E-state index in [4.69, 9.17) is 12.2 Å². The van der Waals surface area contributed by atoms with Crippen molar-refractivity contribution in [3.8, 4) is 5.69 Å². The Balaban J connectivity index is 1.67. The predicted molar refractivity (Wildman–Crippen MR) is 137 cm³/mol. The van der Waals surface area contributed by atoms with Crippen molar-refractivity contribution in [2.24, 2.45) is 0 Å². The highest BCUT2D eigenvalue weighted by Crippen LogP contribution is 2.43. The highest BCUT2D eigenvalue weighted by molar-refractivity contribution is 7.80. The molecule has 0 unspecified atom stereocenters. The number of nitrogens with zero attached hydrogens (tertiary/aromatic N) is 3. The molecular weight excluding hydrogens is 463 g/mol. The van der Waals surface area contributed by atoms with Crippen molar-refractivity contribution in [2.45, 2.75) is 25.9 Å². The maximum atomic E-state index is 13.7. The third-order valence-corrected chi connectivity index (χ3v) is 6.66. The molecule has 0 saturated carbocycles. The number of carboxylic acids is 1. The highest BCUT2D eigenvalue weighted by Gasteiger charge is 2.42. The van der Waals surface area contributed by atoms with Crippen LogP contribution in [-0.2, 0) is 0 Å². The van der Waals surface area contributed by atoms with E-state index < -0.39 is 5.97 Å². The lowest BCUT2D eigenvalue weighted by atomic mass is 9.96. The number of thiocarbonyl (C=S) groups is 1. The second-order valence-corrected chi connectivity index (χ2v) is 8.88. The van der Waals surface area contributed by atoms with E-state index >= 15 is 0 Å². The van der Waals surface area contributed by atoms with Crippen LogP contribution in [0.3, 0.4) is 0 Å². The standard InChI is InChI=1S/C27H23FN4O2S/c1-16-14-22(17(2)31(16)21-7-5-6-18(15-21)26(33)34)25-24(23-8-3-4-13-29-23)30-27(35)32(25)20-11-9-19(28)10-12-20/h3-15,24-25H,1-2H3,(H,30,35)(H,33,34)/t24-,25+/m0/s1. The zero-order chi connectivity index (χ0) is 24.7. The molecule has 1 saturated heterocycles. The maximum Gasteiger partial charge on any atom is 0.335 e. The molecule has 0 bridgehead atoms. The normalized spacial score (nSPS) is 17.5. The van der Waals surface area contributed by atoms with Gasteiger partial charge in [0.2, 0.25) is 0 Å². The molecule has 35 heavy (non-hydrogen) atoms. The Morgan fingerprint density at radius 1 is 1.03 bits per heavy atom. The average Bonchev–Trinajstić information content (AvgIpc) is 3.35. The minimum atomic E-state index is -0.974. The Kier molecular flexibility index (Phi) is 5.82. The van der Waals surface area contributed by atoms with Crippen LogP contribution in [0.15, 0.2) is 79.0 Å². The minimum Gasteiger partial charge on any atom is -0.478 e. The molecule has 5 rings (SSSR count). The lowest BCUT2D eigenvalue weighted by molar-refractivity contribution is 0.0697. The van der Waals surface area contributed by atoms with E-state index in [2.05, 4.69) is 16.4 Å². The fourth-order valence-electron chi connectivity index (χ4n) is 4.81. The molecule has 2 N–H and O–H groups in total. The number of aromatic carboxylic acids is 1. The predicted octanol–water partition coefficient (Wildman–Crippen LogP) is 5.50. The van der Waals surface area contributed by atoms with E-state index in [0.29, 0.717) is 5.11 Å². The van der Waals surface area contributed by atoms with Crippen LogP contribution in [0.2, 0.25) is 0 Å². The molecule has 176 valence electrons. The number of pyridine rings is 1. The number of hydrogen-bond donors (Lipinski definition) is 2. The van der Waals surface area contributed by atoms with Gasteiger partial charge in [-0.1, -0.05) is 12.1 Å². The van der Waals surface area contributed by atoms with Crippen molar-refractivity contribution in [1.82, 2.24) is 14.9 Å². The molecule has 1 fully saturated rings. The van der Waals surface area contributed by atoms with Crippen LogP contribution in [0.25, 0.3) is 5.69 Å². The van der Waals surface area contributed by atoms with Gasteiger partial charge in [-0.2, -0.15) is 0 Å². The summed E-state index contributed by atoms with van der Waals surface area (Å²) in [5.74, 6) is -1.29. The largest absolute Gasteiger partial charge is 0.478 e. The first-order chi connectivity index (χ1) is 16.8. The van der Waals surface area contributed by atoms with Crippen LogP contribution in [0.4, 0.5) is 10.1 Å². The lowest BCUT2D eigenvalue weighted by Gasteiger charge is -2.28. The molecule has 0 spiro atoms. The van der Waals surface area contributed by atoms with Gasteiger partial charge in [0.15, 0.2) is 5.11 Å². The second-order valence-electron chi connectivity index (χ2n) is 8.49. The number of carboxylic acid groups (broad SMARTS) is 1. The molecule has 2 atom stereocenters. The van der Waals surface area contributed by atoms with Crippen molar-refractivity contribution in [3.63, 3.8) is 0 Å². The number of anilines is 1. The van der Waals surface area contributed by atoms with E-state index in [-0.39, 0.29) is 23.5 Å². The third-order valence-electron chi connectivity index (χ3n) is 6.34. The summed E-state index contributed by atoms with van der Waals surface area (Å²) >= 11 is 5.75. The first kappa shape index (κ1) is 22.7. The smallest absolute Gasteiger partial charge is 0.335 e. The molecular formula is C27H23FN4O2S. The van der Waals surface area contributed by atoms with Crippen molar-refractivity contribution in [1.29, 1.82) is 0 Å². The van der Waals surface area contributed by atoms with E-state index in [9.17, 15) is 14.3 Å². The monoisotopic (exact) mass is 486 g/mol. The van der Waals surface area contributed by atoms with E-state index in [0.717, 1.165) is 34.0 Å². The number of nitrogens with one attached hydrogen (secondary N) is 1. The summed E-state index contributed by atoms with van der Waals surface area (Å²) in [5, 5.41) is 13.4. The molecule has 2 aromatic carbocycles. The van der Waals surface area contributed by atoms with Crippen LogP contribution >= 0.6 is 12.2 Å². The molecule has 2 aromatic heterocycles. The van der Waals surface area contributed by atoms with Crippen LogP contribution in [0, 0.1) is 19.7 Å². The van der Waals surface area contributed by atoms with Crippen molar-refractivity contribution in [2.75, 3.05) is 4.90 Å². The number of aromatic nitrogens is 2. The van der Waals surface area contributed by atoms with Gasteiger partial charge in [-0.15, -0.1) is 0 Å². The number of aryl methyl sites for hydroxylation is 1. The second kappa shape index (κ2) is 8.96. The lowest BCUT2D eigenvalue weighted by Crippen LogP contribution is -2.29. The first-order valence-corrected chi connectivity index (χ1v) is 11.5. The van der Waals surface area contributed by atoms with Gasteiger partial charge in [0.25, 0.3) is 0 Å². The zero-order valence-corrected chi connectivity index (χ0v) is 20.0. The molecule has 1 aliphatic heterocycles. The van der Waals surface area contributed by atoms with Gasteiger partial charge in [-0.05, 0) is 92.3 Å². The first-order valence-electron chi connectivity index (χ1n) is 11.1. The summed E-state index contributed by atoms with van der Waals surface area (Å²) in [7, 11) is 0. The number of carbonyl (C=O) groups is 1. The molecule has 0 radical (unpaired) electrons. The van der Waals surface area contributed by atoms with Crippen LogP contribution in [-0.4, -0.2) is 25.7 Å². The van der Waals surface area contributed by atoms with Gasteiger partial charge in [-0.25, -0.2) is 9.18 Å². The number of hydrogen-bond acceptors (Lipinski definition) is 3. The highest BCUT2D eigenvalue weighted by atomic mass is 32.1. The Labute approximate surface area is 207 Å².